The summed E-state index contributed by atoms with van der Waals surface area (Å²) in [5, 5.41) is 8.30. The highest BCUT2D eigenvalue weighted by atomic mass is 16.3. The van der Waals surface area contributed by atoms with Gasteiger partial charge in [-0.3, -0.25) is 0 Å². The molecule has 0 radical (unpaired) electrons. The number of carbonyl (C=O) groups is 1. The minimum atomic E-state index is -0.745. The Labute approximate surface area is 36.8 Å². The van der Waals surface area contributed by atoms with Crippen LogP contribution in [0.3, 0.4) is 0 Å². The van der Waals surface area contributed by atoms with Crippen molar-refractivity contribution in [2.24, 2.45) is 0 Å². The summed E-state index contributed by atoms with van der Waals surface area (Å²) in [6, 6.07) is 0. The SMILES string of the molecule is CCC(O)C=O. The molecule has 0 fully saturated rings. The topological polar surface area (TPSA) is 37.3 Å². The summed E-state index contributed by atoms with van der Waals surface area (Å²) < 4.78 is 0. The van der Waals surface area contributed by atoms with Crippen molar-refractivity contribution < 1.29 is 9.90 Å². The largest absolute Gasteiger partial charge is 0.386 e. The second-order valence-electron chi connectivity index (χ2n) is 1.11. The number of hydrogen-bond acceptors (Lipinski definition) is 2. The first kappa shape index (κ1) is 5.63. The molecule has 0 aromatic rings. The standard InChI is InChI=1S/C4H8O2/c1-2-4(6)3-5/h3-4,6H,2H2,1H3. The van der Waals surface area contributed by atoms with Gasteiger partial charge < -0.3 is 9.90 Å². The third-order valence-electron chi connectivity index (χ3n) is 0.575. The van der Waals surface area contributed by atoms with Gasteiger partial charge in [-0.05, 0) is 6.42 Å². The van der Waals surface area contributed by atoms with Gasteiger partial charge in [-0.1, -0.05) is 6.92 Å². The smallest absolute Gasteiger partial charge is 0.148 e. The van der Waals surface area contributed by atoms with Gasteiger partial charge >= 0.3 is 0 Å². The van der Waals surface area contributed by atoms with E-state index in [1.807, 2.05) is 0 Å². The van der Waals surface area contributed by atoms with Crippen LogP contribution in [-0.4, -0.2) is 17.5 Å². The van der Waals surface area contributed by atoms with Gasteiger partial charge in [0, 0.05) is 0 Å². The van der Waals surface area contributed by atoms with Crippen molar-refractivity contribution in [1.82, 2.24) is 0 Å². The van der Waals surface area contributed by atoms with Crippen LogP contribution < -0.4 is 0 Å². The number of aliphatic hydroxyl groups is 1. The van der Waals surface area contributed by atoms with Crippen LogP contribution in [0.15, 0.2) is 0 Å². The van der Waals surface area contributed by atoms with E-state index in [0.717, 1.165) is 0 Å². The predicted molar refractivity (Wildman–Crippen MR) is 22.4 cm³/mol. The van der Waals surface area contributed by atoms with Crippen molar-refractivity contribution >= 4 is 6.29 Å². The second-order valence-corrected chi connectivity index (χ2v) is 1.11. The molecule has 1 unspecified atom stereocenters. The number of rotatable bonds is 2. The Balaban J connectivity index is 2.96. The van der Waals surface area contributed by atoms with E-state index in [1.165, 1.54) is 0 Å². The van der Waals surface area contributed by atoms with Gasteiger partial charge in [0.2, 0.25) is 0 Å². The highest BCUT2D eigenvalue weighted by Gasteiger charge is 1.91. The summed E-state index contributed by atoms with van der Waals surface area (Å²) >= 11 is 0. The van der Waals surface area contributed by atoms with Gasteiger partial charge in [-0.2, -0.15) is 0 Å². The van der Waals surface area contributed by atoms with Gasteiger partial charge in [-0.25, -0.2) is 0 Å². The lowest BCUT2D eigenvalue weighted by Gasteiger charge is -1.89. The van der Waals surface area contributed by atoms with Crippen LogP contribution in [0.5, 0.6) is 0 Å². The van der Waals surface area contributed by atoms with E-state index < -0.39 is 6.10 Å². The van der Waals surface area contributed by atoms with Crippen LogP contribution in [0.4, 0.5) is 0 Å². The van der Waals surface area contributed by atoms with Crippen molar-refractivity contribution in [1.29, 1.82) is 0 Å². The zero-order valence-electron chi connectivity index (χ0n) is 3.72. The number of carbonyl (C=O) groups excluding carboxylic acids is 1. The van der Waals surface area contributed by atoms with Crippen molar-refractivity contribution in [3.63, 3.8) is 0 Å². The third kappa shape index (κ3) is 1.91. The first-order valence-corrected chi connectivity index (χ1v) is 1.94. The monoisotopic (exact) mass is 88.1 g/mol. The van der Waals surface area contributed by atoms with Crippen molar-refractivity contribution in [2.75, 3.05) is 0 Å². The van der Waals surface area contributed by atoms with Crippen LogP contribution >= 0.6 is 0 Å². The lowest BCUT2D eigenvalue weighted by atomic mass is 10.3. The summed E-state index contributed by atoms with van der Waals surface area (Å²) in [5.74, 6) is 0. The second kappa shape index (κ2) is 2.85. The fraction of sp³-hybridized carbons (Fsp3) is 0.750. The molecule has 0 bridgehead atoms. The fourth-order valence-corrected chi connectivity index (χ4v) is 0.0962. The minimum absolute atomic E-state index is 0.517. The summed E-state index contributed by atoms with van der Waals surface area (Å²) in [4.78, 5) is 9.49. The Hall–Kier alpha value is -0.370. The molecule has 2 heteroatoms. The molecule has 2 nitrogen and oxygen atoms in total. The Morgan fingerprint density at radius 1 is 2.00 bits per heavy atom. The molecule has 0 amide bonds. The van der Waals surface area contributed by atoms with Crippen molar-refractivity contribution in [3.8, 4) is 0 Å². The molecule has 0 saturated heterocycles. The Bertz CT molecular complexity index is 42.8. The fourth-order valence-electron chi connectivity index (χ4n) is 0.0962. The van der Waals surface area contributed by atoms with E-state index >= 15 is 0 Å². The van der Waals surface area contributed by atoms with E-state index in [9.17, 15) is 4.79 Å². The van der Waals surface area contributed by atoms with E-state index in [-0.39, 0.29) is 0 Å². The zero-order chi connectivity index (χ0) is 4.99. The highest BCUT2D eigenvalue weighted by molar-refractivity contribution is 5.55. The molecule has 1 N–H and O–H groups in total. The van der Waals surface area contributed by atoms with Crippen molar-refractivity contribution in [3.05, 3.63) is 0 Å². The maximum atomic E-state index is 9.49. The third-order valence-corrected chi connectivity index (χ3v) is 0.575. The molecular weight excluding hydrogens is 80.0 g/mol. The minimum Gasteiger partial charge on any atom is -0.386 e. The molecule has 0 spiro atoms. The molecule has 6 heavy (non-hydrogen) atoms. The maximum Gasteiger partial charge on any atom is 0.148 e. The van der Waals surface area contributed by atoms with Gasteiger partial charge in [0.05, 0.1) is 0 Å². The lowest BCUT2D eigenvalue weighted by Crippen LogP contribution is -2.03. The molecule has 0 aromatic heterocycles. The summed E-state index contributed by atoms with van der Waals surface area (Å²) in [5.41, 5.74) is 0. The number of aldehydes is 1. The lowest BCUT2D eigenvalue weighted by molar-refractivity contribution is -0.114. The predicted octanol–water partition coefficient (Wildman–Crippen LogP) is -0.0438. The van der Waals surface area contributed by atoms with Crippen molar-refractivity contribution in [2.45, 2.75) is 19.4 Å². The molecule has 0 heterocycles. The molecule has 0 aliphatic rings. The number of hydrogen-bond donors (Lipinski definition) is 1. The van der Waals surface area contributed by atoms with E-state index in [1.54, 1.807) is 6.92 Å². The summed E-state index contributed by atoms with van der Waals surface area (Å²) in [7, 11) is 0. The zero-order valence-corrected chi connectivity index (χ0v) is 3.72. The number of aliphatic hydroxyl groups excluding tert-OH is 1. The normalized spacial score (nSPS) is 13.7. The van der Waals surface area contributed by atoms with Gasteiger partial charge in [-0.15, -0.1) is 0 Å². The van der Waals surface area contributed by atoms with Gasteiger partial charge in [0.25, 0.3) is 0 Å². The van der Waals surface area contributed by atoms with Crippen LogP contribution in [0.25, 0.3) is 0 Å². The van der Waals surface area contributed by atoms with E-state index in [4.69, 9.17) is 5.11 Å². The van der Waals surface area contributed by atoms with Gasteiger partial charge in [0.1, 0.15) is 12.4 Å². The van der Waals surface area contributed by atoms with Gasteiger partial charge in [0.15, 0.2) is 0 Å². The first-order chi connectivity index (χ1) is 2.81. The molecule has 0 aromatic carbocycles. The average Bonchev–Trinajstić information content (AvgIpc) is 1.65. The van der Waals surface area contributed by atoms with Crippen LogP contribution in [-0.2, 0) is 4.79 Å². The van der Waals surface area contributed by atoms with Crippen LogP contribution in [0.1, 0.15) is 13.3 Å². The van der Waals surface area contributed by atoms with E-state index in [0.29, 0.717) is 12.7 Å². The van der Waals surface area contributed by atoms with Crippen LogP contribution in [0, 0.1) is 0 Å². The molecule has 0 aliphatic heterocycles. The quantitative estimate of drug-likeness (QED) is 0.481. The average molecular weight is 88.1 g/mol. The Morgan fingerprint density at radius 2 is 2.50 bits per heavy atom. The molecule has 0 saturated carbocycles. The van der Waals surface area contributed by atoms with E-state index in [2.05, 4.69) is 0 Å². The van der Waals surface area contributed by atoms with Crippen LogP contribution in [0.2, 0.25) is 0 Å². The molecule has 1 atom stereocenters. The Morgan fingerprint density at radius 3 is 2.50 bits per heavy atom. The first-order valence-electron chi connectivity index (χ1n) is 1.94. The molecule has 36 valence electrons. The summed E-state index contributed by atoms with van der Waals surface area (Å²) in [6.45, 7) is 1.75. The molecule has 0 rings (SSSR count). The summed E-state index contributed by atoms with van der Waals surface area (Å²) in [6.07, 6.45) is 0.300. The highest BCUT2D eigenvalue weighted by Crippen LogP contribution is 1.79. The maximum absolute atomic E-state index is 9.49. The molecule has 0 aliphatic carbocycles. The molecular formula is C4H8O2. The Kier molecular flexibility index (Phi) is 2.67.